The van der Waals surface area contributed by atoms with E-state index in [1.165, 1.54) is 4.88 Å². The van der Waals surface area contributed by atoms with Crippen molar-refractivity contribution >= 4 is 17.1 Å². The van der Waals surface area contributed by atoms with Crippen LogP contribution in [0.1, 0.15) is 39.2 Å². The van der Waals surface area contributed by atoms with Crippen LogP contribution in [0.2, 0.25) is 0 Å². The lowest BCUT2D eigenvalue weighted by Crippen LogP contribution is -2.25. The largest absolute Gasteiger partial charge is 0.349 e. The number of carbonyl (C=O) groups is 1. The average molecular weight is 305 g/mol. The third-order valence-electron chi connectivity index (χ3n) is 3.86. The van der Waals surface area contributed by atoms with Crippen LogP contribution in [0.5, 0.6) is 0 Å². The molecule has 2 rings (SSSR count). The standard InChI is InChI=1S/C16H23N3OS/c1-6-19-11(2)7-14(13(19)4)15(20)8-18(5)9-16-12(3)17-10-21-16/h7,10H,6,8-9H2,1-5H3. The fourth-order valence-corrected chi connectivity index (χ4v) is 3.54. The molecule has 2 heterocycles. The number of Topliss-reactive ketones (excluding diaryl/α,β-unsaturated/α-hetero) is 1. The number of carbonyl (C=O) groups excluding carboxylic acids is 1. The monoisotopic (exact) mass is 305 g/mol. The first kappa shape index (κ1) is 15.9. The van der Waals surface area contributed by atoms with Gasteiger partial charge in [0.15, 0.2) is 5.78 Å². The van der Waals surface area contributed by atoms with Gasteiger partial charge in [-0.25, -0.2) is 4.98 Å². The van der Waals surface area contributed by atoms with Crippen LogP contribution >= 0.6 is 11.3 Å². The Labute approximate surface area is 130 Å². The van der Waals surface area contributed by atoms with Gasteiger partial charge >= 0.3 is 0 Å². The van der Waals surface area contributed by atoms with Gasteiger partial charge in [-0.2, -0.15) is 0 Å². The zero-order chi connectivity index (χ0) is 15.6. The summed E-state index contributed by atoms with van der Waals surface area (Å²) in [6.45, 7) is 10.3. The molecule has 0 amide bonds. The third kappa shape index (κ3) is 3.41. The highest BCUT2D eigenvalue weighted by atomic mass is 32.1. The second-order valence-corrected chi connectivity index (χ2v) is 6.42. The molecule has 5 heteroatoms. The Balaban J connectivity index is 2.06. The Morgan fingerprint density at radius 1 is 1.38 bits per heavy atom. The van der Waals surface area contributed by atoms with Gasteiger partial charge in [0, 0.05) is 34.9 Å². The molecule has 2 aromatic rings. The van der Waals surface area contributed by atoms with Gasteiger partial charge in [0.05, 0.1) is 17.7 Å². The first-order valence-corrected chi connectivity index (χ1v) is 8.09. The van der Waals surface area contributed by atoms with E-state index in [2.05, 4.69) is 28.3 Å². The van der Waals surface area contributed by atoms with Crippen LogP contribution in [0.25, 0.3) is 0 Å². The molecule has 0 fully saturated rings. The van der Waals surface area contributed by atoms with E-state index in [0.29, 0.717) is 6.54 Å². The van der Waals surface area contributed by atoms with Gasteiger partial charge in [-0.05, 0) is 40.8 Å². The molecule has 0 aromatic carbocycles. The molecule has 0 radical (unpaired) electrons. The molecular weight excluding hydrogens is 282 g/mol. The molecule has 0 aliphatic rings. The van der Waals surface area contributed by atoms with E-state index in [9.17, 15) is 4.79 Å². The fourth-order valence-electron chi connectivity index (χ4n) is 2.68. The zero-order valence-corrected chi connectivity index (χ0v) is 14.3. The summed E-state index contributed by atoms with van der Waals surface area (Å²) in [5.41, 5.74) is 5.99. The van der Waals surface area contributed by atoms with Crippen molar-refractivity contribution in [1.82, 2.24) is 14.5 Å². The van der Waals surface area contributed by atoms with Gasteiger partial charge in [0.25, 0.3) is 0 Å². The predicted molar refractivity (Wildman–Crippen MR) is 87.1 cm³/mol. The third-order valence-corrected chi connectivity index (χ3v) is 4.78. The molecule has 0 atom stereocenters. The highest BCUT2D eigenvalue weighted by molar-refractivity contribution is 7.09. The second-order valence-electron chi connectivity index (χ2n) is 5.49. The Kier molecular flexibility index (Phi) is 4.96. The van der Waals surface area contributed by atoms with Gasteiger partial charge < -0.3 is 4.57 Å². The quantitative estimate of drug-likeness (QED) is 0.769. The maximum atomic E-state index is 12.5. The SMILES string of the molecule is CCn1c(C)cc(C(=O)CN(C)Cc2scnc2C)c1C. The fraction of sp³-hybridized carbons (Fsp3) is 0.500. The van der Waals surface area contributed by atoms with Gasteiger partial charge in [-0.1, -0.05) is 0 Å². The summed E-state index contributed by atoms with van der Waals surface area (Å²) in [5.74, 6) is 0.187. The zero-order valence-electron chi connectivity index (χ0n) is 13.4. The maximum absolute atomic E-state index is 12.5. The second kappa shape index (κ2) is 6.54. The number of thiazole rings is 1. The average Bonchev–Trinajstić information content (AvgIpc) is 2.93. The van der Waals surface area contributed by atoms with Crippen molar-refractivity contribution in [2.24, 2.45) is 0 Å². The predicted octanol–water partition coefficient (Wildman–Crippen LogP) is 3.20. The molecule has 0 spiro atoms. The first-order valence-electron chi connectivity index (χ1n) is 7.21. The van der Waals surface area contributed by atoms with E-state index < -0.39 is 0 Å². The minimum Gasteiger partial charge on any atom is -0.349 e. The normalized spacial score (nSPS) is 11.3. The Bertz CT molecular complexity index is 642. The lowest BCUT2D eigenvalue weighted by molar-refractivity contribution is 0.0942. The van der Waals surface area contributed by atoms with E-state index in [1.807, 2.05) is 32.5 Å². The number of ketones is 1. The Morgan fingerprint density at radius 2 is 2.10 bits per heavy atom. The molecule has 0 aliphatic heterocycles. The van der Waals surface area contributed by atoms with E-state index >= 15 is 0 Å². The van der Waals surface area contributed by atoms with Crippen LogP contribution in [0.15, 0.2) is 11.6 Å². The van der Waals surface area contributed by atoms with Crippen LogP contribution in [0.4, 0.5) is 0 Å². The molecular formula is C16H23N3OS. The molecule has 0 N–H and O–H groups in total. The smallest absolute Gasteiger partial charge is 0.178 e. The van der Waals surface area contributed by atoms with Crippen molar-refractivity contribution in [1.29, 1.82) is 0 Å². The van der Waals surface area contributed by atoms with Gasteiger partial charge in [-0.3, -0.25) is 9.69 Å². The van der Waals surface area contributed by atoms with Crippen LogP contribution in [0.3, 0.4) is 0 Å². The molecule has 4 nitrogen and oxygen atoms in total. The summed E-state index contributed by atoms with van der Waals surface area (Å²) >= 11 is 1.65. The van der Waals surface area contributed by atoms with Crippen molar-refractivity contribution in [3.05, 3.63) is 39.1 Å². The highest BCUT2D eigenvalue weighted by Crippen LogP contribution is 2.17. The number of hydrogen-bond donors (Lipinski definition) is 0. The van der Waals surface area contributed by atoms with E-state index in [4.69, 9.17) is 0 Å². The topological polar surface area (TPSA) is 38.1 Å². The van der Waals surface area contributed by atoms with Crippen molar-refractivity contribution in [2.45, 2.75) is 40.8 Å². The molecule has 0 bridgehead atoms. The maximum Gasteiger partial charge on any atom is 0.178 e. The molecule has 0 saturated heterocycles. The van der Waals surface area contributed by atoms with Crippen LogP contribution < -0.4 is 0 Å². The van der Waals surface area contributed by atoms with Gasteiger partial charge in [0.2, 0.25) is 0 Å². The summed E-state index contributed by atoms with van der Waals surface area (Å²) in [6.07, 6.45) is 0. The van der Waals surface area contributed by atoms with Gasteiger partial charge in [-0.15, -0.1) is 11.3 Å². The van der Waals surface area contributed by atoms with Crippen molar-refractivity contribution < 1.29 is 4.79 Å². The van der Waals surface area contributed by atoms with Crippen LogP contribution in [-0.2, 0) is 13.1 Å². The van der Waals surface area contributed by atoms with Crippen molar-refractivity contribution in [3.63, 3.8) is 0 Å². The van der Waals surface area contributed by atoms with E-state index in [1.54, 1.807) is 11.3 Å². The number of hydrogen-bond acceptors (Lipinski definition) is 4. The number of rotatable bonds is 6. The summed E-state index contributed by atoms with van der Waals surface area (Å²) in [4.78, 5) is 20.0. The molecule has 114 valence electrons. The first-order chi connectivity index (χ1) is 9.93. The summed E-state index contributed by atoms with van der Waals surface area (Å²) in [5, 5.41) is 0. The number of nitrogens with zero attached hydrogens (tertiary/aromatic N) is 3. The van der Waals surface area contributed by atoms with Crippen LogP contribution in [-0.4, -0.2) is 33.8 Å². The van der Waals surface area contributed by atoms with E-state index in [0.717, 1.165) is 35.7 Å². The minimum absolute atomic E-state index is 0.187. The number of aryl methyl sites for hydroxylation is 2. The lowest BCUT2D eigenvalue weighted by Gasteiger charge is -2.15. The number of likely N-dealkylation sites (N-methyl/N-ethyl adjacent to an activating group) is 1. The summed E-state index contributed by atoms with van der Waals surface area (Å²) in [7, 11) is 1.98. The summed E-state index contributed by atoms with van der Waals surface area (Å²) in [6, 6.07) is 2.01. The van der Waals surface area contributed by atoms with Gasteiger partial charge in [0.1, 0.15) is 0 Å². The van der Waals surface area contributed by atoms with Crippen molar-refractivity contribution in [2.75, 3.05) is 13.6 Å². The molecule has 0 aliphatic carbocycles. The van der Waals surface area contributed by atoms with Crippen molar-refractivity contribution in [3.8, 4) is 0 Å². The molecule has 0 saturated carbocycles. The molecule has 2 aromatic heterocycles. The lowest BCUT2D eigenvalue weighted by atomic mass is 10.1. The number of aromatic nitrogens is 2. The highest BCUT2D eigenvalue weighted by Gasteiger charge is 2.17. The summed E-state index contributed by atoms with van der Waals surface area (Å²) < 4.78 is 2.18. The molecule has 21 heavy (non-hydrogen) atoms. The van der Waals surface area contributed by atoms with E-state index in [-0.39, 0.29) is 5.78 Å². The minimum atomic E-state index is 0.187. The van der Waals surface area contributed by atoms with Crippen LogP contribution in [0, 0.1) is 20.8 Å². The molecule has 0 unspecified atom stereocenters. The Hall–Kier alpha value is -1.46. The Morgan fingerprint density at radius 3 is 2.62 bits per heavy atom.